The predicted octanol–water partition coefficient (Wildman–Crippen LogP) is 3.94. The lowest BCUT2D eigenvalue weighted by Crippen LogP contribution is -2.16. The third-order valence-electron chi connectivity index (χ3n) is 2.76. The van der Waals surface area contributed by atoms with Gasteiger partial charge in [-0.25, -0.2) is 0 Å². The third-order valence-corrected chi connectivity index (χ3v) is 2.76. The van der Waals surface area contributed by atoms with Crippen LogP contribution in [0.25, 0.3) is 0 Å². The zero-order valence-corrected chi connectivity index (χ0v) is 9.70. The molecule has 0 heterocycles. The van der Waals surface area contributed by atoms with Gasteiger partial charge in [0.2, 0.25) is 0 Å². The SMILES string of the molecule is CC.O=C1CCCCC1c1ccccc1. The number of carbonyl (C=O) groups excluding carboxylic acids is 1. The molecule has 0 aromatic heterocycles. The van der Waals surface area contributed by atoms with Gasteiger partial charge >= 0.3 is 0 Å². The number of ketones is 1. The average Bonchev–Trinajstić information content (AvgIpc) is 2.33. The quantitative estimate of drug-likeness (QED) is 0.677. The molecule has 1 atom stereocenters. The van der Waals surface area contributed by atoms with Crippen LogP contribution < -0.4 is 0 Å². The van der Waals surface area contributed by atoms with E-state index in [1.54, 1.807) is 0 Å². The van der Waals surface area contributed by atoms with Crippen molar-refractivity contribution in [2.75, 3.05) is 0 Å². The number of rotatable bonds is 1. The van der Waals surface area contributed by atoms with Gasteiger partial charge in [-0.2, -0.15) is 0 Å². The van der Waals surface area contributed by atoms with Gasteiger partial charge in [0.15, 0.2) is 0 Å². The molecule has 0 amide bonds. The fourth-order valence-corrected chi connectivity index (χ4v) is 2.02. The van der Waals surface area contributed by atoms with Crippen molar-refractivity contribution in [3.63, 3.8) is 0 Å². The molecule has 0 aliphatic heterocycles. The minimum absolute atomic E-state index is 0.190. The lowest BCUT2D eigenvalue weighted by atomic mass is 9.83. The van der Waals surface area contributed by atoms with Gasteiger partial charge in [0.1, 0.15) is 5.78 Å². The van der Waals surface area contributed by atoms with E-state index in [2.05, 4.69) is 12.1 Å². The zero-order valence-electron chi connectivity index (χ0n) is 9.70. The molecule has 0 N–H and O–H groups in total. The topological polar surface area (TPSA) is 17.1 Å². The molecular weight excluding hydrogens is 184 g/mol. The summed E-state index contributed by atoms with van der Waals surface area (Å²) in [4.78, 5) is 11.6. The molecule has 1 aromatic carbocycles. The van der Waals surface area contributed by atoms with Crippen molar-refractivity contribution in [3.8, 4) is 0 Å². The number of carbonyl (C=O) groups is 1. The van der Waals surface area contributed by atoms with E-state index < -0.39 is 0 Å². The van der Waals surface area contributed by atoms with Crippen LogP contribution in [-0.4, -0.2) is 5.78 Å². The summed E-state index contributed by atoms with van der Waals surface area (Å²) in [6.07, 6.45) is 4.11. The fourth-order valence-electron chi connectivity index (χ4n) is 2.02. The van der Waals surface area contributed by atoms with Crippen LogP contribution in [0.5, 0.6) is 0 Å². The smallest absolute Gasteiger partial charge is 0.140 e. The van der Waals surface area contributed by atoms with E-state index in [9.17, 15) is 4.79 Å². The first kappa shape index (κ1) is 12.0. The second-order valence-electron chi connectivity index (χ2n) is 3.68. The van der Waals surface area contributed by atoms with Crippen LogP contribution in [0, 0.1) is 0 Å². The molecule has 1 fully saturated rings. The van der Waals surface area contributed by atoms with Crippen molar-refractivity contribution in [2.24, 2.45) is 0 Å². The molecule has 0 radical (unpaired) electrons. The van der Waals surface area contributed by atoms with Crippen LogP contribution in [0.1, 0.15) is 51.0 Å². The van der Waals surface area contributed by atoms with Gasteiger partial charge in [0.25, 0.3) is 0 Å². The van der Waals surface area contributed by atoms with Crippen LogP contribution in [0.2, 0.25) is 0 Å². The van der Waals surface area contributed by atoms with Crippen molar-refractivity contribution >= 4 is 5.78 Å². The molecule has 1 heteroatoms. The Morgan fingerprint density at radius 3 is 2.33 bits per heavy atom. The molecule has 2 rings (SSSR count). The molecule has 1 aromatic rings. The molecule has 1 aliphatic rings. The fraction of sp³-hybridized carbons (Fsp3) is 0.500. The molecule has 1 saturated carbocycles. The van der Waals surface area contributed by atoms with Crippen molar-refractivity contribution in [1.82, 2.24) is 0 Å². The van der Waals surface area contributed by atoms with E-state index in [1.165, 1.54) is 12.0 Å². The number of hydrogen-bond acceptors (Lipinski definition) is 1. The Balaban J connectivity index is 0.000000531. The molecule has 1 nitrogen and oxygen atoms in total. The lowest BCUT2D eigenvalue weighted by molar-refractivity contribution is -0.121. The summed E-state index contributed by atoms with van der Waals surface area (Å²) >= 11 is 0. The molecule has 1 unspecified atom stereocenters. The second-order valence-corrected chi connectivity index (χ2v) is 3.68. The van der Waals surface area contributed by atoms with Crippen LogP contribution in [0.3, 0.4) is 0 Å². The van der Waals surface area contributed by atoms with Gasteiger partial charge in [-0.05, 0) is 18.4 Å². The molecule has 0 spiro atoms. The van der Waals surface area contributed by atoms with Crippen molar-refractivity contribution in [1.29, 1.82) is 0 Å². The lowest BCUT2D eigenvalue weighted by Gasteiger charge is -2.20. The predicted molar refractivity (Wildman–Crippen MR) is 64.0 cm³/mol. The van der Waals surface area contributed by atoms with Crippen LogP contribution in [0.4, 0.5) is 0 Å². The molecule has 0 bridgehead atoms. The Kier molecular flexibility index (Phi) is 5.09. The molecule has 82 valence electrons. The van der Waals surface area contributed by atoms with Crippen molar-refractivity contribution in [3.05, 3.63) is 35.9 Å². The summed E-state index contributed by atoms with van der Waals surface area (Å²) in [5, 5.41) is 0. The van der Waals surface area contributed by atoms with Crippen LogP contribution in [-0.2, 0) is 4.79 Å². The summed E-state index contributed by atoms with van der Waals surface area (Å²) in [5.41, 5.74) is 1.20. The monoisotopic (exact) mass is 204 g/mol. The van der Waals surface area contributed by atoms with Gasteiger partial charge in [-0.3, -0.25) is 4.79 Å². The summed E-state index contributed by atoms with van der Waals surface area (Å²) < 4.78 is 0. The minimum Gasteiger partial charge on any atom is -0.299 e. The number of benzene rings is 1. The Bertz CT molecular complexity index is 289. The van der Waals surface area contributed by atoms with Crippen molar-refractivity contribution in [2.45, 2.75) is 45.4 Å². The minimum atomic E-state index is 0.190. The first-order chi connectivity index (χ1) is 7.38. The van der Waals surface area contributed by atoms with Gasteiger partial charge < -0.3 is 0 Å². The van der Waals surface area contributed by atoms with Gasteiger partial charge in [-0.15, -0.1) is 0 Å². The van der Waals surface area contributed by atoms with E-state index in [-0.39, 0.29) is 5.92 Å². The maximum atomic E-state index is 11.6. The molecule has 0 saturated heterocycles. The third kappa shape index (κ3) is 3.19. The van der Waals surface area contributed by atoms with E-state index in [4.69, 9.17) is 0 Å². The Labute approximate surface area is 92.5 Å². The van der Waals surface area contributed by atoms with Gasteiger partial charge in [-0.1, -0.05) is 50.6 Å². The summed E-state index contributed by atoms with van der Waals surface area (Å²) in [6.45, 7) is 4.00. The highest BCUT2D eigenvalue weighted by molar-refractivity contribution is 5.86. The van der Waals surface area contributed by atoms with E-state index in [0.29, 0.717) is 5.78 Å². The molecule has 1 aliphatic carbocycles. The average molecular weight is 204 g/mol. The number of Topliss-reactive ketones (excluding diaryl/α,β-unsaturated/α-hetero) is 1. The summed E-state index contributed by atoms with van der Waals surface area (Å²) in [6, 6.07) is 10.1. The Morgan fingerprint density at radius 1 is 1.07 bits per heavy atom. The highest BCUT2D eigenvalue weighted by atomic mass is 16.1. The largest absolute Gasteiger partial charge is 0.299 e. The van der Waals surface area contributed by atoms with E-state index in [1.807, 2.05) is 32.0 Å². The first-order valence-electron chi connectivity index (χ1n) is 5.95. The van der Waals surface area contributed by atoms with Crippen molar-refractivity contribution < 1.29 is 4.79 Å². The highest BCUT2D eigenvalue weighted by Gasteiger charge is 2.22. The number of hydrogen-bond donors (Lipinski definition) is 0. The second kappa shape index (κ2) is 6.39. The molecular formula is C14H20O. The van der Waals surface area contributed by atoms with E-state index in [0.717, 1.165) is 19.3 Å². The summed E-state index contributed by atoms with van der Waals surface area (Å²) in [7, 11) is 0. The standard InChI is InChI=1S/C12H14O.C2H6/c13-12-9-5-4-8-11(12)10-6-2-1-3-7-10;1-2/h1-3,6-7,11H,4-5,8-9H2;1-2H3. The van der Waals surface area contributed by atoms with Crippen LogP contribution in [0.15, 0.2) is 30.3 Å². The summed E-state index contributed by atoms with van der Waals surface area (Å²) in [5.74, 6) is 0.618. The Morgan fingerprint density at radius 2 is 1.73 bits per heavy atom. The molecule has 15 heavy (non-hydrogen) atoms. The Hall–Kier alpha value is -1.11. The highest BCUT2D eigenvalue weighted by Crippen LogP contribution is 2.29. The normalized spacial score (nSPS) is 20.4. The van der Waals surface area contributed by atoms with E-state index >= 15 is 0 Å². The zero-order chi connectivity index (χ0) is 11.1. The van der Waals surface area contributed by atoms with Crippen LogP contribution >= 0.6 is 0 Å². The maximum absolute atomic E-state index is 11.6. The van der Waals surface area contributed by atoms with Gasteiger partial charge in [0.05, 0.1) is 0 Å². The maximum Gasteiger partial charge on any atom is 0.140 e. The van der Waals surface area contributed by atoms with Gasteiger partial charge in [0, 0.05) is 12.3 Å². The first-order valence-corrected chi connectivity index (χ1v) is 5.95.